The monoisotopic (exact) mass is 320 g/mol. The largest absolute Gasteiger partial charge is 0.281 e. The second-order valence-electron chi connectivity index (χ2n) is 3.40. The van der Waals surface area contributed by atoms with Crippen LogP contribution in [0.2, 0.25) is 5.15 Å². The van der Waals surface area contributed by atoms with Crippen LogP contribution in [0.3, 0.4) is 0 Å². The van der Waals surface area contributed by atoms with E-state index in [2.05, 4.69) is 20.9 Å². The van der Waals surface area contributed by atoms with E-state index < -0.39 is 11.6 Å². The molecule has 0 saturated carbocycles. The normalized spacial score (nSPS) is 10.9. The zero-order chi connectivity index (χ0) is 12.6. The molecule has 0 aliphatic rings. The molecule has 0 bridgehead atoms. The van der Waals surface area contributed by atoms with Crippen molar-refractivity contribution in [1.82, 2.24) is 9.55 Å². The van der Waals surface area contributed by atoms with Crippen molar-refractivity contribution < 1.29 is 8.78 Å². The van der Waals surface area contributed by atoms with E-state index in [1.807, 2.05) is 6.92 Å². The van der Waals surface area contributed by atoms with Crippen molar-refractivity contribution >= 4 is 27.5 Å². The third-order valence-electron chi connectivity index (χ3n) is 2.31. The standard InChI is InChI=1S/C11H8BrClF2N2/c1-2-10-16-5-9(13)17(10)11-7(14)3-6(12)4-8(11)15/h3-5H,2H2,1H3. The molecule has 0 unspecified atom stereocenters. The predicted molar refractivity (Wildman–Crippen MR) is 65.6 cm³/mol. The topological polar surface area (TPSA) is 17.8 Å². The third kappa shape index (κ3) is 2.21. The maximum absolute atomic E-state index is 13.8. The molecule has 0 radical (unpaired) electrons. The first kappa shape index (κ1) is 12.5. The minimum absolute atomic E-state index is 0.182. The molecule has 90 valence electrons. The average molecular weight is 322 g/mol. The summed E-state index contributed by atoms with van der Waals surface area (Å²) >= 11 is 8.92. The van der Waals surface area contributed by atoms with Crippen molar-refractivity contribution in [3.8, 4) is 5.69 Å². The molecule has 1 heterocycles. The van der Waals surface area contributed by atoms with Crippen LogP contribution in [0.5, 0.6) is 0 Å². The van der Waals surface area contributed by atoms with Crippen molar-refractivity contribution in [3.63, 3.8) is 0 Å². The molecule has 0 aliphatic heterocycles. The molecule has 0 saturated heterocycles. The Bertz CT molecular complexity index is 546. The lowest BCUT2D eigenvalue weighted by molar-refractivity contribution is 0.564. The summed E-state index contributed by atoms with van der Waals surface area (Å²) in [5.41, 5.74) is -0.201. The highest BCUT2D eigenvalue weighted by Gasteiger charge is 2.18. The van der Waals surface area contributed by atoms with Crippen LogP contribution in [0.25, 0.3) is 5.69 Å². The number of aromatic nitrogens is 2. The van der Waals surface area contributed by atoms with Gasteiger partial charge in [0.2, 0.25) is 0 Å². The summed E-state index contributed by atoms with van der Waals surface area (Å²) in [5, 5.41) is 0.182. The SMILES string of the molecule is CCc1ncc(Cl)n1-c1c(F)cc(Br)cc1F. The molecule has 17 heavy (non-hydrogen) atoms. The second kappa shape index (κ2) is 4.74. The van der Waals surface area contributed by atoms with Crippen LogP contribution in [0.15, 0.2) is 22.8 Å². The summed E-state index contributed by atoms with van der Waals surface area (Å²) in [6.45, 7) is 1.84. The number of rotatable bonds is 2. The van der Waals surface area contributed by atoms with Crippen LogP contribution < -0.4 is 0 Å². The Hall–Kier alpha value is -0.940. The molecule has 0 amide bonds. The fourth-order valence-electron chi connectivity index (χ4n) is 1.60. The molecule has 0 N–H and O–H groups in total. The lowest BCUT2D eigenvalue weighted by Gasteiger charge is -2.10. The molecule has 1 aromatic heterocycles. The van der Waals surface area contributed by atoms with E-state index in [1.165, 1.54) is 22.9 Å². The third-order valence-corrected chi connectivity index (χ3v) is 3.04. The van der Waals surface area contributed by atoms with Crippen LogP contribution in [-0.2, 0) is 6.42 Å². The van der Waals surface area contributed by atoms with E-state index in [1.54, 1.807) is 0 Å². The molecule has 2 rings (SSSR count). The van der Waals surface area contributed by atoms with Gasteiger partial charge in [0.25, 0.3) is 0 Å². The van der Waals surface area contributed by atoms with E-state index in [0.717, 1.165) is 0 Å². The number of benzene rings is 1. The fraction of sp³-hybridized carbons (Fsp3) is 0.182. The van der Waals surface area contributed by atoms with Crippen LogP contribution in [-0.4, -0.2) is 9.55 Å². The van der Waals surface area contributed by atoms with Crippen LogP contribution in [0, 0.1) is 11.6 Å². The number of nitrogens with zero attached hydrogens (tertiary/aromatic N) is 2. The van der Waals surface area contributed by atoms with Gasteiger partial charge in [-0.3, -0.25) is 4.57 Å². The van der Waals surface area contributed by atoms with Gasteiger partial charge >= 0.3 is 0 Å². The van der Waals surface area contributed by atoms with Crippen LogP contribution in [0.4, 0.5) is 8.78 Å². The molecule has 0 spiro atoms. The minimum atomic E-state index is -0.688. The van der Waals surface area contributed by atoms with E-state index in [-0.39, 0.29) is 10.8 Å². The highest BCUT2D eigenvalue weighted by molar-refractivity contribution is 9.10. The molecular formula is C11H8BrClF2N2. The lowest BCUT2D eigenvalue weighted by Crippen LogP contribution is -2.06. The molecule has 0 fully saturated rings. The van der Waals surface area contributed by atoms with Crippen molar-refractivity contribution in [2.24, 2.45) is 0 Å². The lowest BCUT2D eigenvalue weighted by atomic mass is 10.2. The second-order valence-corrected chi connectivity index (χ2v) is 4.71. The Morgan fingerprint density at radius 3 is 2.47 bits per heavy atom. The fourth-order valence-corrected chi connectivity index (χ4v) is 2.23. The molecule has 2 nitrogen and oxygen atoms in total. The Morgan fingerprint density at radius 2 is 1.94 bits per heavy atom. The summed E-state index contributed by atoms with van der Waals surface area (Å²) in [6, 6.07) is 2.38. The van der Waals surface area contributed by atoms with E-state index in [4.69, 9.17) is 11.6 Å². The highest BCUT2D eigenvalue weighted by atomic mass is 79.9. The maximum Gasteiger partial charge on any atom is 0.151 e. The highest BCUT2D eigenvalue weighted by Crippen LogP contribution is 2.27. The predicted octanol–water partition coefficient (Wildman–Crippen LogP) is 4.13. The van der Waals surface area contributed by atoms with Gasteiger partial charge in [-0.2, -0.15) is 0 Å². The molecular weight excluding hydrogens is 313 g/mol. The van der Waals surface area contributed by atoms with Crippen molar-refractivity contribution in [3.05, 3.63) is 45.4 Å². The first-order chi connectivity index (χ1) is 8.04. The molecule has 1 aromatic carbocycles. The number of imidazole rings is 1. The Balaban J connectivity index is 2.72. The molecule has 2 aromatic rings. The van der Waals surface area contributed by atoms with Gasteiger partial charge in [-0.15, -0.1) is 0 Å². The average Bonchev–Trinajstić information content (AvgIpc) is 2.59. The van der Waals surface area contributed by atoms with Crippen LogP contribution in [0.1, 0.15) is 12.7 Å². The van der Waals surface area contributed by atoms with Gasteiger partial charge in [0.1, 0.15) is 16.7 Å². The van der Waals surface area contributed by atoms with E-state index in [0.29, 0.717) is 16.7 Å². The summed E-state index contributed by atoms with van der Waals surface area (Å²) in [4.78, 5) is 4.00. The van der Waals surface area contributed by atoms with Gasteiger partial charge in [0.15, 0.2) is 11.6 Å². The maximum atomic E-state index is 13.8. The number of halogens is 4. The zero-order valence-electron chi connectivity index (χ0n) is 8.85. The summed E-state index contributed by atoms with van der Waals surface area (Å²) < 4.78 is 29.2. The smallest absolute Gasteiger partial charge is 0.151 e. The van der Waals surface area contributed by atoms with Gasteiger partial charge in [0, 0.05) is 10.9 Å². The van der Waals surface area contributed by atoms with Gasteiger partial charge in [-0.25, -0.2) is 13.8 Å². The summed E-state index contributed by atoms with van der Waals surface area (Å²) in [6.07, 6.45) is 1.91. The molecule has 0 atom stereocenters. The van der Waals surface area contributed by atoms with Gasteiger partial charge in [-0.1, -0.05) is 34.5 Å². The number of aryl methyl sites for hydroxylation is 1. The molecule has 6 heteroatoms. The Labute approximate surface area is 110 Å². The van der Waals surface area contributed by atoms with Gasteiger partial charge in [0.05, 0.1) is 6.20 Å². The van der Waals surface area contributed by atoms with E-state index >= 15 is 0 Å². The summed E-state index contributed by atoms with van der Waals surface area (Å²) in [5.74, 6) is -0.868. The Kier molecular flexibility index (Phi) is 3.49. The molecule has 0 aliphatic carbocycles. The summed E-state index contributed by atoms with van der Waals surface area (Å²) in [7, 11) is 0. The van der Waals surface area contributed by atoms with Crippen LogP contribution >= 0.6 is 27.5 Å². The van der Waals surface area contributed by atoms with Gasteiger partial charge < -0.3 is 0 Å². The first-order valence-corrected chi connectivity index (χ1v) is 6.08. The van der Waals surface area contributed by atoms with Gasteiger partial charge in [-0.05, 0) is 12.1 Å². The zero-order valence-corrected chi connectivity index (χ0v) is 11.2. The number of hydrogen-bond acceptors (Lipinski definition) is 1. The van der Waals surface area contributed by atoms with Crippen molar-refractivity contribution in [2.45, 2.75) is 13.3 Å². The van der Waals surface area contributed by atoms with E-state index in [9.17, 15) is 8.78 Å². The minimum Gasteiger partial charge on any atom is -0.281 e. The van der Waals surface area contributed by atoms with Crippen molar-refractivity contribution in [1.29, 1.82) is 0 Å². The quantitative estimate of drug-likeness (QED) is 0.813. The van der Waals surface area contributed by atoms with Crippen molar-refractivity contribution in [2.75, 3.05) is 0 Å². The first-order valence-electron chi connectivity index (χ1n) is 4.91. The number of hydrogen-bond donors (Lipinski definition) is 0. The Morgan fingerprint density at radius 1 is 1.35 bits per heavy atom.